The van der Waals surface area contributed by atoms with Gasteiger partial charge in [-0.2, -0.15) is 0 Å². The molecule has 0 saturated heterocycles. The maximum atomic E-state index is 13.1. The van der Waals surface area contributed by atoms with Gasteiger partial charge in [0.15, 0.2) is 5.78 Å². The summed E-state index contributed by atoms with van der Waals surface area (Å²) < 4.78 is 16.5. The molecule has 0 saturated carbocycles. The van der Waals surface area contributed by atoms with Crippen LogP contribution in [0, 0.1) is 0 Å². The first kappa shape index (κ1) is 56.4. The average molecular weight is 838 g/mol. The summed E-state index contributed by atoms with van der Waals surface area (Å²) in [5.41, 5.74) is -0.830. The van der Waals surface area contributed by atoms with Crippen LogP contribution in [0.3, 0.4) is 0 Å². The highest BCUT2D eigenvalue weighted by molar-refractivity contribution is 5.90. The van der Waals surface area contributed by atoms with E-state index in [1.54, 1.807) is 20.8 Å². The quantitative estimate of drug-likeness (QED) is 0.0348. The summed E-state index contributed by atoms with van der Waals surface area (Å²) in [6, 6.07) is -1.31. The number of alkyl carbamates (subject to hydrolysis) is 1. The molecule has 1 amide bonds. The summed E-state index contributed by atoms with van der Waals surface area (Å²) in [5, 5.41) is 11.8. The van der Waals surface area contributed by atoms with Gasteiger partial charge in [0, 0.05) is 19.3 Å². The first-order valence-corrected chi connectivity index (χ1v) is 24.5. The SMILES string of the molecule is CCCCCCCCCCCCCCCCCC(=O)OCC(CCC(=O)C(CC(=O)O)NC(=O)OC(C)(C)C)OC(=O)CCCCCCCCCCCCCCCCC. The van der Waals surface area contributed by atoms with E-state index >= 15 is 0 Å². The van der Waals surface area contributed by atoms with Gasteiger partial charge in [0.1, 0.15) is 24.4 Å². The van der Waals surface area contributed by atoms with Crippen LogP contribution >= 0.6 is 0 Å². The number of ketones is 1. The molecule has 0 heterocycles. The molecule has 0 aliphatic rings. The topological polar surface area (TPSA) is 145 Å². The summed E-state index contributed by atoms with van der Waals surface area (Å²) in [6.07, 6.45) is 35.0. The van der Waals surface area contributed by atoms with Crippen LogP contribution in [-0.4, -0.2) is 59.2 Å². The molecular weight excluding hydrogens is 747 g/mol. The van der Waals surface area contributed by atoms with E-state index in [0.717, 1.165) is 38.5 Å². The lowest BCUT2D eigenvalue weighted by Crippen LogP contribution is -2.44. The molecule has 0 aromatic carbocycles. The number of esters is 2. The average Bonchev–Trinajstić information content (AvgIpc) is 3.17. The molecule has 346 valence electrons. The molecular formula is C49H91NO9. The molecule has 2 atom stereocenters. The lowest BCUT2D eigenvalue weighted by Gasteiger charge is -2.23. The van der Waals surface area contributed by atoms with Gasteiger partial charge in [-0.1, -0.05) is 194 Å². The Balaban J connectivity index is 4.67. The van der Waals surface area contributed by atoms with Crippen LogP contribution < -0.4 is 5.32 Å². The molecule has 10 nitrogen and oxygen atoms in total. The third kappa shape index (κ3) is 40.5. The fraction of sp³-hybridized carbons (Fsp3) is 0.898. The molecule has 2 N–H and O–H groups in total. The Morgan fingerprint density at radius 1 is 0.508 bits per heavy atom. The molecule has 59 heavy (non-hydrogen) atoms. The largest absolute Gasteiger partial charge is 0.481 e. The Morgan fingerprint density at radius 2 is 0.864 bits per heavy atom. The number of aliphatic carboxylic acids is 1. The van der Waals surface area contributed by atoms with Gasteiger partial charge in [-0.05, 0) is 40.0 Å². The Kier molecular flexibility index (Phi) is 37.7. The summed E-state index contributed by atoms with van der Waals surface area (Å²) in [4.78, 5) is 62.5. The van der Waals surface area contributed by atoms with Crippen molar-refractivity contribution in [3.63, 3.8) is 0 Å². The Morgan fingerprint density at radius 3 is 1.22 bits per heavy atom. The molecule has 0 aliphatic heterocycles. The van der Waals surface area contributed by atoms with Gasteiger partial charge in [-0.15, -0.1) is 0 Å². The number of Topliss-reactive ketones (excluding diaryl/α,β-unsaturated/α-hetero) is 1. The third-order valence-corrected chi connectivity index (χ3v) is 10.9. The normalized spacial score (nSPS) is 12.5. The highest BCUT2D eigenvalue weighted by atomic mass is 16.6. The highest BCUT2D eigenvalue weighted by Crippen LogP contribution is 2.17. The third-order valence-electron chi connectivity index (χ3n) is 10.9. The number of amides is 1. The van der Waals surface area contributed by atoms with Crippen molar-refractivity contribution in [1.82, 2.24) is 5.32 Å². The molecule has 0 bridgehead atoms. The molecule has 2 unspecified atom stereocenters. The van der Waals surface area contributed by atoms with Crippen LogP contribution in [0.5, 0.6) is 0 Å². The summed E-state index contributed by atoms with van der Waals surface area (Å²) >= 11 is 0. The predicted molar refractivity (Wildman–Crippen MR) is 240 cm³/mol. The summed E-state index contributed by atoms with van der Waals surface area (Å²) in [7, 11) is 0. The van der Waals surface area contributed by atoms with E-state index in [4.69, 9.17) is 14.2 Å². The first-order valence-electron chi connectivity index (χ1n) is 24.5. The maximum absolute atomic E-state index is 13.1. The monoisotopic (exact) mass is 838 g/mol. The van der Waals surface area contributed by atoms with Crippen LogP contribution in [0.15, 0.2) is 0 Å². The number of carbonyl (C=O) groups is 5. The van der Waals surface area contributed by atoms with Crippen LogP contribution in [0.1, 0.15) is 259 Å². The number of ether oxygens (including phenoxy) is 3. The number of unbranched alkanes of at least 4 members (excludes halogenated alkanes) is 28. The Hall–Kier alpha value is -2.65. The van der Waals surface area contributed by atoms with Gasteiger partial charge < -0.3 is 24.6 Å². The smallest absolute Gasteiger partial charge is 0.408 e. The summed E-state index contributed by atoms with van der Waals surface area (Å²) in [6.45, 7) is 9.33. The maximum Gasteiger partial charge on any atom is 0.408 e. The molecule has 0 radical (unpaired) electrons. The van der Waals surface area contributed by atoms with Crippen molar-refractivity contribution >= 4 is 29.8 Å². The molecule has 0 rings (SSSR count). The van der Waals surface area contributed by atoms with Gasteiger partial charge in [-0.25, -0.2) is 4.79 Å². The number of carboxylic acid groups (broad SMARTS) is 1. The second-order valence-electron chi connectivity index (χ2n) is 18.0. The van der Waals surface area contributed by atoms with Crippen molar-refractivity contribution in [2.45, 2.75) is 277 Å². The first-order chi connectivity index (χ1) is 28.4. The lowest BCUT2D eigenvalue weighted by molar-refractivity contribution is -0.160. The van der Waals surface area contributed by atoms with E-state index in [1.165, 1.54) is 148 Å². The molecule has 10 heteroatoms. The number of carbonyl (C=O) groups excluding carboxylic acids is 4. The summed E-state index contributed by atoms with van der Waals surface area (Å²) in [5.74, 6) is -2.57. The van der Waals surface area contributed by atoms with E-state index < -0.39 is 48.0 Å². The van der Waals surface area contributed by atoms with Crippen molar-refractivity contribution in [2.75, 3.05) is 6.61 Å². The van der Waals surface area contributed by atoms with Crippen molar-refractivity contribution in [3.8, 4) is 0 Å². The van der Waals surface area contributed by atoms with E-state index in [-0.39, 0.29) is 38.3 Å². The highest BCUT2D eigenvalue weighted by Gasteiger charge is 2.28. The zero-order valence-electron chi connectivity index (χ0n) is 38.8. The molecule has 0 spiro atoms. The second kappa shape index (κ2) is 39.5. The Bertz CT molecular complexity index is 1060. The van der Waals surface area contributed by atoms with Crippen molar-refractivity contribution in [2.24, 2.45) is 0 Å². The Labute approximate surface area is 361 Å². The van der Waals surface area contributed by atoms with Gasteiger partial charge in [0.25, 0.3) is 0 Å². The fourth-order valence-electron chi connectivity index (χ4n) is 7.31. The second-order valence-corrected chi connectivity index (χ2v) is 18.0. The van der Waals surface area contributed by atoms with Gasteiger partial charge in [-0.3, -0.25) is 19.2 Å². The van der Waals surface area contributed by atoms with Gasteiger partial charge >= 0.3 is 24.0 Å². The minimum Gasteiger partial charge on any atom is -0.481 e. The zero-order valence-corrected chi connectivity index (χ0v) is 38.8. The predicted octanol–water partition coefficient (Wildman–Crippen LogP) is 13.7. The fourth-order valence-corrected chi connectivity index (χ4v) is 7.31. The molecule has 0 aromatic heterocycles. The number of rotatable bonds is 42. The van der Waals surface area contributed by atoms with Crippen LogP contribution in [0.25, 0.3) is 0 Å². The molecule has 0 aliphatic carbocycles. The van der Waals surface area contributed by atoms with Crippen molar-refractivity contribution in [3.05, 3.63) is 0 Å². The number of nitrogens with one attached hydrogen (secondary N) is 1. The van der Waals surface area contributed by atoms with E-state index in [2.05, 4.69) is 19.2 Å². The standard InChI is InChI=1S/C49H91NO9/c1-6-8-10-12-14-16-18-20-22-24-26-28-30-32-34-36-46(54)57-41-42(38-39-44(51)43(40-45(52)53)50-48(56)59-49(3,4)5)58-47(55)37-35-33-31-29-27-25-23-21-19-17-15-13-11-9-7-2/h42-43H,6-41H2,1-5H3,(H,50,56)(H,52,53). The lowest BCUT2D eigenvalue weighted by atomic mass is 10.0. The van der Waals surface area contributed by atoms with Gasteiger partial charge in [0.05, 0.1) is 6.42 Å². The van der Waals surface area contributed by atoms with Crippen LogP contribution in [0.2, 0.25) is 0 Å². The van der Waals surface area contributed by atoms with Gasteiger partial charge in [0.2, 0.25) is 0 Å². The minimum absolute atomic E-state index is 0.0296. The number of hydrogen-bond acceptors (Lipinski definition) is 8. The van der Waals surface area contributed by atoms with Crippen LogP contribution in [-0.2, 0) is 33.4 Å². The number of carboxylic acids is 1. The van der Waals surface area contributed by atoms with Crippen molar-refractivity contribution in [1.29, 1.82) is 0 Å². The molecule has 0 fully saturated rings. The number of hydrogen-bond donors (Lipinski definition) is 2. The minimum atomic E-state index is -1.31. The molecule has 0 aromatic rings. The van der Waals surface area contributed by atoms with Crippen LogP contribution in [0.4, 0.5) is 4.79 Å². The van der Waals surface area contributed by atoms with Crippen molar-refractivity contribution < 1.29 is 43.3 Å². The van der Waals surface area contributed by atoms with E-state index in [1.807, 2.05) is 0 Å². The van der Waals surface area contributed by atoms with E-state index in [0.29, 0.717) is 6.42 Å². The van der Waals surface area contributed by atoms with E-state index in [9.17, 15) is 29.1 Å². The zero-order chi connectivity index (χ0) is 43.8.